The number of aromatic nitrogens is 2. The summed E-state index contributed by atoms with van der Waals surface area (Å²) in [4.78, 5) is 29.3. The van der Waals surface area contributed by atoms with Gasteiger partial charge >= 0.3 is 5.69 Å². The Hall–Kier alpha value is -1.34. The van der Waals surface area contributed by atoms with E-state index in [4.69, 9.17) is 5.73 Å². The number of fused-ring (bicyclic) bond motifs is 1. The molecule has 6 nitrogen and oxygen atoms in total. The summed E-state index contributed by atoms with van der Waals surface area (Å²) in [6.45, 7) is 8.43. The number of primary amides is 1. The zero-order valence-electron chi connectivity index (χ0n) is 14.8. The van der Waals surface area contributed by atoms with Crippen LogP contribution in [0.1, 0.15) is 44.4 Å². The summed E-state index contributed by atoms with van der Waals surface area (Å²) in [6.07, 6.45) is 5.07. The molecule has 0 aromatic carbocycles. The largest absolute Gasteiger partial charge is 0.369 e. The molecular weight excluding hydrogens is 324 g/mol. The van der Waals surface area contributed by atoms with Crippen LogP contribution in [0.3, 0.4) is 0 Å². The number of nitrogens with zero attached hydrogens (tertiary/aromatic N) is 2. The van der Waals surface area contributed by atoms with E-state index < -0.39 is 0 Å². The smallest absolute Gasteiger partial charge is 0.348 e. The van der Waals surface area contributed by atoms with Gasteiger partial charge in [-0.1, -0.05) is 11.8 Å². The first kappa shape index (κ1) is 19.0. The molecule has 2 rings (SSSR count). The van der Waals surface area contributed by atoms with Gasteiger partial charge in [-0.3, -0.25) is 9.36 Å². The Morgan fingerprint density at radius 1 is 1.29 bits per heavy atom. The van der Waals surface area contributed by atoms with Gasteiger partial charge in [0.25, 0.3) is 0 Å². The van der Waals surface area contributed by atoms with Gasteiger partial charge in [-0.15, -0.1) is 0 Å². The minimum absolute atomic E-state index is 0.175. The SMILES string of the molecule is CC[NH+](CC)CCCn1c2c(c(SCC(N)=O)nc1=O)CCCC2. The normalized spacial score (nSPS) is 14.0. The Kier molecular flexibility index (Phi) is 7.30. The molecule has 1 aromatic rings. The minimum atomic E-state index is -0.377. The summed E-state index contributed by atoms with van der Waals surface area (Å²) in [5.74, 6) is -0.202. The zero-order chi connectivity index (χ0) is 17.5. The third-order valence-electron chi connectivity index (χ3n) is 4.71. The molecule has 0 saturated heterocycles. The molecule has 134 valence electrons. The molecule has 1 heterocycles. The second-order valence-corrected chi connectivity index (χ2v) is 7.26. The number of rotatable bonds is 9. The lowest BCUT2D eigenvalue weighted by molar-refractivity contribution is -0.896. The van der Waals surface area contributed by atoms with Crippen LogP contribution in [0.5, 0.6) is 0 Å². The third-order valence-corrected chi connectivity index (χ3v) is 5.75. The Labute approximate surface area is 147 Å². The van der Waals surface area contributed by atoms with Crippen molar-refractivity contribution in [3.63, 3.8) is 0 Å². The fourth-order valence-corrected chi connectivity index (χ4v) is 4.14. The molecule has 0 spiro atoms. The zero-order valence-corrected chi connectivity index (χ0v) is 15.6. The predicted octanol–water partition coefficient (Wildman–Crippen LogP) is 0.0143. The van der Waals surface area contributed by atoms with E-state index >= 15 is 0 Å². The molecule has 0 bridgehead atoms. The maximum Gasteiger partial charge on any atom is 0.348 e. The average molecular weight is 354 g/mol. The van der Waals surface area contributed by atoms with E-state index in [0.717, 1.165) is 69.5 Å². The number of carbonyl (C=O) groups excluding carboxylic acids is 1. The lowest BCUT2D eigenvalue weighted by Gasteiger charge is -2.23. The molecule has 0 saturated carbocycles. The van der Waals surface area contributed by atoms with Crippen LogP contribution in [0, 0.1) is 0 Å². The van der Waals surface area contributed by atoms with Crippen LogP contribution in [0.15, 0.2) is 9.82 Å². The molecular formula is C17H29N4O2S+. The van der Waals surface area contributed by atoms with E-state index in [1.165, 1.54) is 11.8 Å². The summed E-state index contributed by atoms with van der Waals surface area (Å²) in [7, 11) is 0. The second-order valence-electron chi connectivity index (χ2n) is 6.30. The third kappa shape index (κ3) is 4.83. The lowest BCUT2D eigenvalue weighted by Crippen LogP contribution is -3.11. The van der Waals surface area contributed by atoms with Crippen molar-refractivity contribution < 1.29 is 9.69 Å². The lowest BCUT2D eigenvalue weighted by atomic mass is 9.97. The van der Waals surface area contributed by atoms with Crippen molar-refractivity contribution in [2.45, 2.75) is 57.5 Å². The Morgan fingerprint density at radius 3 is 2.67 bits per heavy atom. The van der Waals surface area contributed by atoms with Crippen molar-refractivity contribution in [1.29, 1.82) is 0 Å². The molecule has 24 heavy (non-hydrogen) atoms. The van der Waals surface area contributed by atoms with Gasteiger partial charge in [-0.2, -0.15) is 4.98 Å². The number of nitrogens with two attached hydrogens (primary N) is 1. The standard InChI is InChI=1S/C17H28N4O2S/c1-3-20(4-2)10-7-11-21-14-9-6-5-8-13(14)16(19-17(21)23)24-12-15(18)22/h3-12H2,1-2H3,(H2,18,22)/p+1. The second kappa shape index (κ2) is 9.22. The topological polar surface area (TPSA) is 82.4 Å². The molecule has 1 aromatic heterocycles. The number of hydrogen-bond acceptors (Lipinski definition) is 4. The summed E-state index contributed by atoms with van der Waals surface area (Å²) in [5, 5.41) is 0.708. The minimum Gasteiger partial charge on any atom is -0.369 e. The number of quaternary nitrogens is 1. The van der Waals surface area contributed by atoms with E-state index in [0.29, 0.717) is 5.03 Å². The molecule has 1 aliphatic carbocycles. The van der Waals surface area contributed by atoms with E-state index in [1.807, 2.05) is 4.57 Å². The van der Waals surface area contributed by atoms with E-state index in [1.54, 1.807) is 4.90 Å². The molecule has 0 atom stereocenters. The molecule has 0 fully saturated rings. The van der Waals surface area contributed by atoms with Crippen LogP contribution in [-0.2, 0) is 24.2 Å². The number of nitrogens with one attached hydrogen (secondary N) is 1. The first-order chi connectivity index (χ1) is 11.6. The molecule has 0 aliphatic heterocycles. The fourth-order valence-electron chi connectivity index (χ4n) is 3.33. The maximum absolute atomic E-state index is 12.5. The maximum atomic E-state index is 12.5. The number of hydrogen-bond donors (Lipinski definition) is 2. The van der Waals surface area contributed by atoms with Crippen molar-refractivity contribution in [1.82, 2.24) is 9.55 Å². The van der Waals surface area contributed by atoms with Gasteiger partial charge < -0.3 is 10.6 Å². The predicted molar refractivity (Wildman–Crippen MR) is 96.6 cm³/mol. The highest BCUT2D eigenvalue weighted by Crippen LogP contribution is 2.28. The molecule has 0 radical (unpaired) electrons. The molecule has 1 aliphatic rings. The highest BCUT2D eigenvalue weighted by molar-refractivity contribution is 7.99. The highest BCUT2D eigenvalue weighted by Gasteiger charge is 2.20. The van der Waals surface area contributed by atoms with Crippen LogP contribution < -0.4 is 16.3 Å². The van der Waals surface area contributed by atoms with Gasteiger partial charge in [-0.05, 0) is 39.5 Å². The molecule has 0 unspecified atom stereocenters. The van der Waals surface area contributed by atoms with Gasteiger partial charge in [0.1, 0.15) is 5.03 Å². The fraction of sp³-hybridized carbons (Fsp3) is 0.706. The highest BCUT2D eigenvalue weighted by atomic mass is 32.2. The summed E-state index contributed by atoms with van der Waals surface area (Å²) in [5.41, 5.74) is 7.33. The van der Waals surface area contributed by atoms with Crippen LogP contribution in [0.2, 0.25) is 0 Å². The molecule has 1 amide bonds. The van der Waals surface area contributed by atoms with Crippen molar-refractivity contribution >= 4 is 17.7 Å². The van der Waals surface area contributed by atoms with Crippen molar-refractivity contribution in [2.75, 3.05) is 25.4 Å². The van der Waals surface area contributed by atoms with Gasteiger partial charge in [0.2, 0.25) is 5.91 Å². The summed E-state index contributed by atoms with van der Waals surface area (Å²) < 4.78 is 1.87. The number of carbonyl (C=O) groups is 1. The van der Waals surface area contributed by atoms with Crippen molar-refractivity contribution in [2.24, 2.45) is 5.73 Å². The summed E-state index contributed by atoms with van der Waals surface area (Å²) >= 11 is 1.30. The average Bonchev–Trinajstić information content (AvgIpc) is 2.58. The molecule has 7 heteroatoms. The van der Waals surface area contributed by atoms with Gasteiger partial charge in [0.05, 0.1) is 25.4 Å². The van der Waals surface area contributed by atoms with Crippen LogP contribution >= 0.6 is 11.8 Å². The van der Waals surface area contributed by atoms with E-state index in [-0.39, 0.29) is 17.3 Å². The first-order valence-corrected chi connectivity index (χ1v) is 9.92. The monoisotopic (exact) mass is 353 g/mol. The quantitative estimate of drug-likeness (QED) is 0.484. The summed E-state index contributed by atoms with van der Waals surface area (Å²) in [6, 6.07) is 0. The van der Waals surface area contributed by atoms with Crippen molar-refractivity contribution in [3.8, 4) is 0 Å². The Morgan fingerprint density at radius 2 is 2.00 bits per heavy atom. The first-order valence-electron chi connectivity index (χ1n) is 8.94. The van der Waals surface area contributed by atoms with Crippen LogP contribution in [0.25, 0.3) is 0 Å². The van der Waals surface area contributed by atoms with Gasteiger partial charge in [0.15, 0.2) is 0 Å². The van der Waals surface area contributed by atoms with E-state index in [2.05, 4.69) is 18.8 Å². The van der Waals surface area contributed by atoms with Crippen LogP contribution in [-0.4, -0.2) is 40.8 Å². The van der Waals surface area contributed by atoms with Crippen molar-refractivity contribution in [3.05, 3.63) is 21.7 Å². The Bertz CT molecular complexity index is 626. The van der Waals surface area contributed by atoms with Crippen LogP contribution in [0.4, 0.5) is 0 Å². The number of amides is 1. The Balaban J connectivity index is 2.19. The van der Waals surface area contributed by atoms with Gasteiger partial charge in [-0.25, -0.2) is 4.79 Å². The van der Waals surface area contributed by atoms with Gasteiger partial charge in [0, 0.05) is 24.2 Å². The van der Waals surface area contributed by atoms with E-state index in [9.17, 15) is 9.59 Å². The number of thioether (sulfide) groups is 1. The molecule has 3 N–H and O–H groups in total.